The van der Waals surface area contributed by atoms with Crippen LogP contribution < -0.4 is 5.73 Å². The van der Waals surface area contributed by atoms with Crippen molar-refractivity contribution in [3.8, 4) is 0 Å². The Kier molecular flexibility index (Phi) is 7.61. The van der Waals surface area contributed by atoms with Gasteiger partial charge in [0.1, 0.15) is 5.82 Å². The molecular formula is C12H20ClFN2O3S. The minimum atomic E-state index is -3.74. The zero-order valence-electron chi connectivity index (χ0n) is 11.4. The van der Waals surface area contributed by atoms with Crippen molar-refractivity contribution in [1.29, 1.82) is 0 Å². The lowest BCUT2D eigenvalue weighted by Crippen LogP contribution is -2.40. The van der Waals surface area contributed by atoms with Crippen molar-refractivity contribution in [2.24, 2.45) is 5.73 Å². The maximum Gasteiger partial charge on any atom is 0.243 e. The van der Waals surface area contributed by atoms with Gasteiger partial charge in [0.25, 0.3) is 0 Å². The van der Waals surface area contributed by atoms with Crippen molar-refractivity contribution in [2.75, 3.05) is 19.6 Å². The largest absolute Gasteiger partial charge is 0.390 e. The molecular weight excluding hydrogens is 307 g/mol. The molecule has 1 unspecified atom stereocenters. The van der Waals surface area contributed by atoms with Crippen LogP contribution >= 0.6 is 12.4 Å². The zero-order chi connectivity index (χ0) is 14.6. The first-order chi connectivity index (χ1) is 8.82. The molecule has 0 aliphatic carbocycles. The van der Waals surface area contributed by atoms with Crippen LogP contribution in [0.3, 0.4) is 0 Å². The number of benzene rings is 1. The van der Waals surface area contributed by atoms with Crippen LogP contribution in [0.15, 0.2) is 23.1 Å². The zero-order valence-corrected chi connectivity index (χ0v) is 13.0. The Morgan fingerprint density at radius 2 is 2.05 bits per heavy atom. The SMILES string of the molecule is CCN(CC(O)CN)S(=O)(=O)c1ccc(F)c(C)c1.Cl. The summed E-state index contributed by atoms with van der Waals surface area (Å²) in [5.74, 6) is -0.455. The Labute approximate surface area is 125 Å². The van der Waals surface area contributed by atoms with Crippen molar-refractivity contribution in [3.05, 3.63) is 29.6 Å². The highest BCUT2D eigenvalue weighted by Crippen LogP contribution is 2.18. The predicted octanol–water partition coefficient (Wildman–Crippen LogP) is 0.886. The highest BCUT2D eigenvalue weighted by atomic mass is 35.5. The first-order valence-corrected chi connectivity index (χ1v) is 7.41. The highest BCUT2D eigenvalue weighted by molar-refractivity contribution is 7.89. The van der Waals surface area contributed by atoms with Gasteiger partial charge in [-0.15, -0.1) is 12.4 Å². The van der Waals surface area contributed by atoms with Crippen molar-refractivity contribution in [3.63, 3.8) is 0 Å². The average Bonchev–Trinajstić information content (AvgIpc) is 2.38. The van der Waals surface area contributed by atoms with E-state index < -0.39 is 21.9 Å². The maximum atomic E-state index is 13.2. The number of hydrogen-bond donors (Lipinski definition) is 2. The van der Waals surface area contributed by atoms with E-state index in [2.05, 4.69) is 0 Å². The van der Waals surface area contributed by atoms with Gasteiger partial charge >= 0.3 is 0 Å². The fraction of sp³-hybridized carbons (Fsp3) is 0.500. The van der Waals surface area contributed by atoms with E-state index in [0.29, 0.717) is 0 Å². The first kappa shape index (κ1) is 19.3. The standard InChI is InChI=1S/C12H19FN2O3S.ClH/c1-3-15(8-10(16)7-14)19(17,18)11-4-5-12(13)9(2)6-11;/h4-6,10,16H,3,7-8,14H2,1-2H3;1H. The molecule has 0 saturated heterocycles. The number of nitrogens with zero attached hydrogens (tertiary/aromatic N) is 1. The average molecular weight is 327 g/mol. The second-order valence-electron chi connectivity index (χ2n) is 4.26. The quantitative estimate of drug-likeness (QED) is 0.813. The third kappa shape index (κ3) is 4.39. The lowest BCUT2D eigenvalue weighted by atomic mass is 10.2. The third-order valence-corrected chi connectivity index (χ3v) is 4.74. The van der Waals surface area contributed by atoms with Crippen molar-refractivity contribution >= 4 is 22.4 Å². The normalized spacial score (nSPS) is 13.1. The molecule has 0 aliphatic heterocycles. The highest BCUT2D eigenvalue weighted by Gasteiger charge is 2.25. The number of aliphatic hydroxyl groups is 1. The number of halogens is 2. The molecule has 116 valence electrons. The van der Waals surface area contributed by atoms with E-state index in [1.54, 1.807) is 6.92 Å². The molecule has 1 aromatic carbocycles. The van der Waals surface area contributed by atoms with Gasteiger partial charge in [0, 0.05) is 19.6 Å². The Morgan fingerprint density at radius 3 is 2.50 bits per heavy atom. The Bertz CT molecular complexity index is 540. The van der Waals surface area contributed by atoms with Crippen molar-refractivity contribution < 1.29 is 17.9 Å². The van der Waals surface area contributed by atoms with E-state index >= 15 is 0 Å². The van der Waals surface area contributed by atoms with E-state index in [1.807, 2.05) is 0 Å². The summed E-state index contributed by atoms with van der Waals surface area (Å²) < 4.78 is 39.0. The summed E-state index contributed by atoms with van der Waals surface area (Å²) in [6.45, 7) is 3.27. The molecule has 5 nitrogen and oxygen atoms in total. The van der Waals surface area contributed by atoms with Gasteiger partial charge in [-0.3, -0.25) is 0 Å². The monoisotopic (exact) mass is 326 g/mol. The lowest BCUT2D eigenvalue weighted by molar-refractivity contribution is 0.154. The minimum absolute atomic E-state index is 0. The summed E-state index contributed by atoms with van der Waals surface area (Å²) in [5.41, 5.74) is 5.54. The second kappa shape index (κ2) is 7.90. The van der Waals surface area contributed by atoms with Gasteiger partial charge in [0.05, 0.1) is 11.0 Å². The third-order valence-electron chi connectivity index (χ3n) is 2.81. The summed E-state index contributed by atoms with van der Waals surface area (Å²) in [5, 5.41) is 9.48. The number of nitrogens with two attached hydrogens (primary N) is 1. The molecule has 0 fully saturated rings. The van der Waals surface area contributed by atoms with Crippen LogP contribution in [-0.2, 0) is 10.0 Å². The van der Waals surface area contributed by atoms with Crippen LogP contribution in [0.1, 0.15) is 12.5 Å². The van der Waals surface area contributed by atoms with E-state index in [9.17, 15) is 17.9 Å². The van der Waals surface area contributed by atoms with Gasteiger partial charge in [-0.05, 0) is 30.7 Å². The molecule has 0 aromatic heterocycles. The smallest absolute Gasteiger partial charge is 0.243 e. The summed E-state index contributed by atoms with van der Waals surface area (Å²) in [4.78, 5) is 0.0115. The van der Waals surface area contributed by atoms with Crippen molar-refractivity contribution in [1.82, 2.24) is 4.31 Å². The number of aryl methyl sites for hydroxylation is 1. The molecule has 0 bridgehead atoms. The Hall–Kier alpha value is -0.730. The molecule has 1 atom stereocenters. The molecule has 0 amide bonds. The Balaban J connectivity index is 0.00000361. The summed E-state index contributed by atoms with van der Waals surface area (Å²) in [6, 6.07) is 3.62. The van der Waals surface area contributed by atoms with Gasteiger partial charge in [-0.2, -0.15) is 4.31 Å². The molecule has 0 saturated carbocycles. The van der Waals surface area contributed by atoms with E-state index in [-0.39, 0.29) is 42.5 Å². The molecule has 0 aliphatic rings. The topological polar surface area (TPSA) is 83.6 Å². The van der Waals surface area contributed by atoms with Crippen LogP contribution in [-0.4, -0.2) is 43.6 Å². The molecule has 1 rings (SSSR count). The van der Waals surface area contributed by atoms with Crippen LogP contribution in [0.25, 0.3) is 0 Å². The number of aliphatic hydroxyl groups excluding tert-OH is 1. The maximum absolute atomic E-state index is 13.2. The molecule has 8 heteroatoms. The number of likely N-dealkylation sites (N-methyl/N-ethyl adjacent to an activating group) is 1. The van der Waals surface area contributed by atoms with Crippen LogP contribution in [0.5, 0.6) is 0 Å². The van der Waals surface area contributed by atoms with Crippen molar-refractivity contribution in [2.45, 2.75) is 24.8 Å². The fourth-order valence-electron chi connectivity index (χ4n) is 1.63. The molecule has 20 heavy (non-hydrogen) atoms. The van der Waals surface area contributed by atoms with Gasteiger partial charge in [-0.25, -0.2) is 12.8 Å². The molecule has 3 N–H and O–H groups in total. The van der Waals surface area contributed by atoms with E-state index in [1.165, 1.54) is 19.1 Å². The first-order valence-electron chi connectivity index (χ1n) is 5.97. The second-order valence-corrected chi connectivity index (χ2v) is 6.19. The fourth-order valence-corrected chi connectivity index (χ4v) is 3.21. The lowest BCUT2D eigenvalue weighted by Gasteiger charge is -2.23. The summed E-state index contributed by atoms with van der Waals surface area (Å²) in [7, 11) is -3.74. The van der Waals surface area contributed by atoms with Gasteiger partial charge in [0.15, 0.2) is 0 Å². The van der Waals surface area contributed by atoms with E-state index in [4.69, 9.17) is 5.73 Å². The van der Waals surface area contributed by atoms with Crippen LogP contribution in [0.2, 0.25) is 0 Å². The minimum Gasteiger partial charge on any atom is -0.390 e. The summed E-state index contributed by atoms with van der Waals surface area (Å²) >= 11 is 0. The summed E-state index contributed by atoms with van der Waals surface area (Å²) in [6.07, 6.45) is -0.920. The predicted molar refractivity (Wildman–Crippen MR) is 77.9 cm³/mol. The molecule has 0 heterocycles. The number of hydrogen-bond acceptors (Lipinski definition) is 4. The molecule has 1 aromatic rings. The number of rotatable bonds is 6. The van der Waals surface area contributed by atoms with Gasteiger partial charge in [-0.1, -0.05) is 6.92 Å². The number of sulfonamides is 1. The van der Waals surface area contributed by atoms with Gasteiger partial charge < -0.3 is 10.8 Å². The Morgan fingerprint density at radius 1 is 1.45 bits per heavy atom. The molecule has 0 radical (unpaired) electrons. The van der Waals surface area contributed by atoms with Gasteiger partial charge in [0.2, 0.25) is 10.0 Å². The van der Waals surface area contributed by atoms with E-state index in [0.717, 1.165) is 10.4 Å². The molecule has 0 spiro atoms. The van der Waals surface area contributed by atoms with Crippen LogP contribution in [0, 0.1) is 12.7 Å². The van der Waals surface area contributed by atoms with Crippen LogP contribution in [0.4, 0.5) is 4.39 Å².